The minimum absolute atomic E-state index is 0.0548. The summed E-state index contributed by atoms with van der Waals surface area (Å²) in [4.78, 5) is 41.1. The first-order valence-electron chi connectivity index (χ1n) is 9.73. The molecular weight excluding hydrogens is 376 g/mol. The van der Waals surface area contributed by atoms with Crippen molar-refractivity contribution in [3.8, 4) is 0 Å². The van der Waals surface area contributed by atoms with Gasteiger partial charge in [-0.05, 0) is 50.4 Å². The fraction of sp³-hybridized carbons (Fsp3) is 0.550. The molecule has 2 N–H and O–H groups in total. The predicted molar refractivity (Wildman–Crippen MR) is 112 cm³/mol. The molecule has 0 aliphatic carbocycles. The van der Waals surface area contributed by atoms with Gasteiger partial charge in [0.2, 0.25) is 11.8 Å². The highest BCUT2D eigenvalue weighted by molar-refractivity contribution is 7.99. The number of benzene rings is 1. The molecule has 28 heavy (non-hydrogen) atoms. The first-order chi connectivity index (χ1) is 13.5. The van der Waals surface area contributed by atoms with Gasteiger partial charge in [0.1, 0.15) is 0 Å². The number of carbonyl (C=O) groups excluding carboxylic acids is 3. The molecule has 1 atom stereocenters. The number of imide groups is 1. The topological polar surface area (TPSA) is 81.8 Å². The second-order valence-electron chi connectivity index (χ2n) is 7.32. The van der Waals surface area contributed by atoms with Gasteiger partial charge in [0.25, 0.3) is 0 Å². The van der Waals surface area contributed by atoms with Crippen molar-refractivity contribution in [3.63, 3.8) is 0 Å². The summed E-state index contributed by atoms with van der Waals surface area (Å²) in [6.07, 6.45) is 1.66. The summed E-state index contributed by atoms with van der Waals surface area (Å²) in [6, 6.07) is 4.83. The molecule has 0 saturated carbocycles. The third-order valence-corrected chi connectivity index (χ3v) is 6.37. The van der Waals surface area contributed by atoms with E-state index in [0.29, 0.717) is 12.2 Å². The van der Waals surface area contributed by atoms with E-state index >= 15 is 0 Å². The Morgan fingerprint density at radius 3 is 2.64 bits per heavy atom. The summed E-state index contributed by atoms with van der Waals surface area (Å²) in [5.41, 5.74) is 2.72. The van der Waals surface area contributed by atoms with E-state index in [-0.39, 0.29) is 18.5 Å². The van der Waals surface area contributed by atoms with Crippen LogP contribution in [0.4, 0.5) is 10.5 Å². The van der Waals surface area contributed by atoms with Gasteiger partial charge in [-0.2, -0.15) is 11.8 Å². The van der Waals surface area contributed by atoms with Gasteiger partial charge in [-0.15, -0.1) is 0 Å². The van der Waals surface area contributed by atoms with E-state index in [1.54, 1.807) is 6.07 Å². The highest BCUT2D eigenvalue weighted by Gasteiger charge is 2.35. The van der Waals surface area contributed by atoms with Crippen molar-refractivity contribution in [3.05, 3.63) is 29.3 Å². The number of hydrogen-bond acceptors (Lipinski definition) is 5. The van der Waals surface area contributed by atoms with Crippen LogP contribution in [-0.2, 0) is 9.59 Å². The van der Waals surface area contributed by atoms with Gasteiger partial charge in [-0.3, -0.25) is 19.8 Å². The van der Waals surface area contributed by atoms with Crippen LogP contribution >= 0.6 is 11.8 Å². The highest BCUT2D eigenvalue weighted by Crippen LogP contribution is 2.21. The van der Waals surface area contributed by atoms with Gasteiger partial charge in [0, 0.05) is 30.3 Å². The van der Waals surface area contributed by atoms with E-state index in [9.17, 15) is 14.4 Å². The number of anilines is 1. The largest absolute Gasteiger partial charge is 0.340 e. The second kappa shape index (κ2) is 9.43. The van der Waals surface area contributed by atoms with Crippen LogP contribution in [0.25, 0.3) is 0 Å². The Balaban J connectivity index is 1.52. The summed E-state index contributed by atoms with van der Waals surface area (Å²) >= 11 is 1.86. The van der Waals surface area contributed by atoms with Crippen molar-refractivity contribution in [1.29, 1.82) is 0 Å². The fourth-order valence-electron chi connectivity index (χ4n) is 3.68. The second-order valence-corrected chi connectivity index (χ2v) is 8.54. The third kappa shape index (κ3) is 5.05. The van der Waals surface area contributed by atoms with Crippen LogP contribution in [0, 0.1) is 13.8 Å². The van der Waals surface area contributed by atoms with Gasteiger partial charge in [0.05, 0.1) is 12.6 Å². The molecule has 0 bridgehead atoms. The van der Waals surface area contributed by atoms with E-state index in [2.05, 4.69) is 10.6 Å². The number of thioether (sulfide) groups is 1. The Bertz CT molecular complexity index is 749. The number of nitrogens with one attached hydrogen (secondary N) is 2. The molecule has 2 aliphatic rings. The lowest BCUT2D eigenvalue weighted by Crippen LogP contribution is -2.51. The summed E-state index contributed by atoms with van der Waals surface area (Å²) in [5, 5.41) is 5.11. The van der Waals surface area contributed by atoms with Crippen molar-refractivity contribution < 1.29 is 14.4 Å². The Morgan fingerprint density at radius 2 is 1.89 bits per heavy atom. The number of rotatable bonds is 4. The van der Waals surface area contributed by atoms with E-state index in [1.807, 2.05) is 47.5 Å². The van der Waals surface area contributed by atoms with Crippen molar-refractivity contribution >= 4 is 35.3 Å². The van der Waals surface area contributed by atoms with Gasteiger partial charge in [0.15, 0.2) is 0 Å². The minimum atomic E-state index is -0.547. The van der Waals surface area contributed by atoms with E-state index in [1.165, 1.54) is 0 Å². The maximum atomic E-state index is 12.8. The molecule has 0 aromatic heterocycles. The molecule has 0 spiro atoms. The van der Waals surface area contributed by atoms with Crippen LogP contribution in [0.15, 0.2) is 18.2 Å². The number of aryl methyl sites for hydroxylation is 1. The molecular formula is C20H28N4O3S. The lowest BCUT2D eigenvalue weighted by Gasteiger charge is -2.32. The first kappa shape index (κ1) is 20.7. The van der Waals surface area contributed by atoms with Crippen molar-refractivity contribution in [2.24, 2.45) is 0 Å². The maximum absolute atomic E-state index is 12.8. The zero-order chi connectivity index (χ0) is 20.1. The predicted octanol–water partition coefficient (Wildman–Crippen LogP) is 1.99. The molecule has 8 heteroatoms. The summed E-state index contributed by atoms with van der Waals surface area (Å²) < 4.78 is 0. The van der Waals surface area contributed by atoms with Crippen LogP contribution < -0.4 is 10.6 Å². The molecule has 1 unspecified atom stereocenters. The van der Waals surface area contributed by atoms with Gasteiger partial charge >= 0.3 is 6.03 Å². The molecule has 152 valence electrons. The summed E-state index contributed by atoms with van der Waals surface area (Å²) in [5.74, 6) is 1.66. The smallest absolute Gasteiger partial charge is 0.325 e. The van der Waals surface area contributed by atoms with Gasteiger partial charge in [-0.1, -0.05) is 12.1 Å². The molecule has 1 aromatic carbocycles. The quantitative estimate of drug-likeness (QED) is 0.802. The molecule has 2 saturated heterocycles. The Hall–Kier alpha value is -2.06. The monoisotopic (exact) mass is 404 g/mol. The number of nitrogens with zero attached hydrogens (tertiary/aromatic N) is 2. The van der Waals surface area contributed by atoms with Crippen molar-refractivity contribution in [2.75, 3.05) is 43.0 Å². The molecule has 2 fully saturated rings. The maximum Gasteiger partial charge on any atom is 0.325 e. The Kier molecular flexibility index (Phi) is 6.96. The SMILES string of the molecule is Cc1cccc(NC(=O)NC(=O)CN2CCCC2C(=O)N2CCSCC2)c1C. The number of likely N-dealkylation sites (tertiary alicyclic amines) is 1. The lowest BCUT2D eigenvalue weighted by molar-refractivity contribution is -0.136. The van der Waals surface area contributed by atoms with Crippen LogP contribution in [-0.4, -0.2) is 71.4 Å². The van der Waals surface area contributed by atoms with Crippen molar-refractivity contribution in [2.45, 2.75) is 32.7 Å². The number of carbonyl (C=O) groups is 3. The fourth-order valence-corrected chi connectivity index (χ4v) is 4.58. The van der Waals surface area contributed by atoms with Crippen LogP contribution in [0.5, 0.6) is 0 Å². The lowest BCUT2D eigenvalue weighted by atomic mass is 10.1. The Labute approximate surface area is 170 Å². The van der Waals surface area contributed by atoms with E-state index < -0.39 is 11.9 Å². The standard InChI is InChI=1S/C20H28N4O3S/c1-14-5-3-6-16(15(14)2)21-20(27)22-18(25)13-24-8-4-7-17(24)19(26)23-9-11-28-12-10-23/h3,5-6,17H,4,7-13H2,1-2H3,(H2,21,22,25,27). The molecule has 2 aliphatic heterocycles. The molecule has 2 heterocycles. The van der Waals surface area contributed by atoms with Crippen LogP contribution in [0.3, 0.4) is 0 Å². The normalized spacial score (nSPS) is 20.1. The number of hydrogen-bond donors (Lipinski definition) is 2. The summed E-state index contributed by atoms with van der Waals surface area (Å²) in [7, 11) is 0. The summed E-state index contributed by atoms with van der Waals surface area (Å²) in [6.45, 7) is 6.20. The zero-order valence-corrected chi connectivity index (χ0v) is 17.3. The molecule has 3 rings (SSSR count). The highest BCUT2D eigenvalue weighted by atomic mass is 32.2. The van der Waals surface area contributed by atoms with Crippen LogP contribution in [0.1, 0.15) is 24.0 Å². The molecule has 7 nitrogen and oxygen atoms in total. The molecule has 1 aromatic rings. The van der Waals surface area contributed by atoms with Crippen LogP contribution in [0.2, 0.25) is 0 Å². The molecule has 4 amide bonds. The first-order valence-corrected chi connectivity index (χ1v) is 10.9. The van der Waals surface area contributed by atoms with Gasteiger partial charge in [-0.25, -0.2) is 4.79 Å². The van der Waals surface area contributed by atoms with Gasteiger partial charge < -0.3 is 10.2 Å². The number of amides is 4. The van der Waals surface area contributed by atoms with Crippen molar-refractivity contribution in [1.82, 2.24) is 15.1 Å². The average molecular weight is 405 g/mol. The van der Waals surface area contributed by atoms with E-state index in [0.717, 1.165) is 48.6 Å². The van der Waals surface area contributed by atoms with E-state index in [4.69, 9.17) is 0 Å². The number of urea groups is 1. The molecule has 0 radical (unpaired) electrons. The minimum Gasteiger partial charge on any atom is -0.340 e. The third-order valence-electron chi connectivity index (χ3n) is 5.42. The Morgan fingerprint density at radius 1 is 1.14 bits per heavy atom. The zero-order valence-electron chi connectivity index (χ0n) is 16.5. The average Bonchev–Trinajstić information content (AvgIpc) is 3.13.